The van der Waals surface area contributed by atoms with Crippen molar-refractivity contribution in [2.45, 2.75) is 18.9 Å². The number of amides is 1. The molecule has 9 heteroatoms. The summed E-state index contributed by atoms with van der Waals surface area (Å²) in [6.45, 7) is 1.35. The Balaban J connectivity index is 1.75. The highest BCUT2D eigenvalue weighted by Crippen LogP contribution is 2.17. The number of likely N-dealkylation sites (tertiary alicyclic amines) is 1. The molecular weight excluding hydrogens is 312 g/mol. The highest BCUT2D eigenvalue weighted by Gasteiger charge is 2.24. The second kappa shape index (κ2) is 6.75. The lowest BCUT2D eigenvalue weighted by Gasteiger charge is -2.31. The fraction of sp³-hybridized carbons (Fsp3) is 0.400. The normalized spacial score (nSPS) is 15.5. The molecule has 0 spiro atoms. The average Bonchev–Trinajstić information content (AvgIpc) is 3.11. The average molecular weight is 330 g/mol. The molecule has 1 aromatic carbocycles. The minimum absolute atomic E-state index is 0.0370. The summed E-state index contributed by atoms with van der Waals surface area (Å²) in [5, 5.41) is 21.9. The Hall–Kier alpha value is -2.81. The SMILES string of the molecule is CNC1CCN(C(=O)c2cn(-c3cccc([N+](=O)[O-])c3)nn2)CC1. The summed E-state index contributed by atoms with van der Waals surface area (Å²) in [6.07, 6.45) is 3.31. The van der Waals surface area contributed by atoms with Gasteiger partial charge in [0.15, 0.2) is 5.69 Å². The topological polar surface area (TPSA) is 106 Å². The molecule has 126 valence electrons. The van der Waals surface area contributed by atoms with Gasteiger partial charge in [-0.1, -0.05) is 11.3 Å². The Morgan fingerprint density at radius 1 is 1.38 bits per heavy atom. The van der Waals surface area contributed by atoms with Gasteiger partial charge in [-0.2, -0.15) is 0 Å². The van der Waals surface area contributed by atoms with Crippen molar-refractivity contribution in [3.05, 3.63) is 46.3 Å². The Bertz CT molecular complexity index is 751. The van der Waals surface area contributed by atoms with E-state index in [1.54, 1.807) is 17.0 Å². The first-order valence-electron chi connectivity index (χ1n) is 7.72. The van der Waals surface area contributed by atoms with Gasteiger partial charge >= 0.3 is 0 Å². The molecule has 2 aromatic rings. The number of nitrogens with one attached hydrogen (secondary N) is 1. The summed E-state index contributed by atoms with van der Waals surface area (Å²) in [7, 11) is 1.92. The number of carbonyl (C=O) groups excluding carboxylic acids is 1. The molecule has 0 radical (unpaired) electrons. The van der Waals surface area contributed by atoms with Gasteiger partial charge in [0, 0.05) is 31.3 Å². The molecule has 0 unspecified atom stereocenters. The van der Waals surface area contributed by atoms with E-state index < -0.39 is 4.92 Å². The lowest BCUT2D eigenvalue weighted by atomic mass is 10.1. The van der Waals surface area contributed by atoms with Crippen molar-refractivity contribution < 1.29 is 9.72 Å². The van der Waals surface area contributed by atoms with Gasteiger partial charge in [-0.3, -0.25) is 14.9 Å². The van der Waals surface area contributed by atoms with Crippen LogP contribution in [0.15, 0.2) is 30.5 Å². The molecule has 9 nitrogen and oxygen atoms in total. The van der Waals surface area contributed by atoms with E-state index in [0.717, 1.165) is 12.8 Å². The summed E-state index contributed by atoms with van der Waals surface area (Å²) in [6, 6.07) is 6.47. The third kappa shape index (κ3) is 3.25. The van der Waals surface area contributed by atoms with Crippen LogP contribution in [0.5, 0.6) is 0 Å². The van der Waals surface area contributed by atoms with E-state index in [2.05, 4.69) is 15.6 Å². The fourth-order valence-corrected chi connectivity index (χ4v) is 2.77. The molecule has 1 N–H and O–H groups in total. The summed E-state index contributed by atoms with van der Waals surface area (Å²) >= 11 is 0. The third-order valence-corrected chi connectivity index (χ3v) is 4.21. The Morgan fingerprint density at radius 2 is 2.12 bits per heavy atom. The van der Waals surface area contributed by atoms with Gasteiger partial charge in [0.25, 0.3) is 11.6 Å². The lowest BCUT2D eigenvalue weighted by molar-refractivity contribution is -0.384. The lowest BCUT2D eigenvalue weighted by Crippen LogP contribution is -2.44. The summed E-state index contributed by atoms with van der Waals surface area (Å²) in [5.41, 5.74) is 0.694. The van der Waals surface area contributed by atoms with E-state index in [0.29, 0.717) is 24.8 Å². The smallest absolute Gasteiger partial charge is 0.276 e. The van der Waals surface area contributed by atoms with Gasteiger partial charge in [-0.05, 0) is 26.0 Å². The second-order valence-corrected chi connectivity index (χ2v) is 5.68. The largest absolute Gasteiger partial charge is 0.337 e. The number of nitro benzene ring substituents is 1. The third-order valence-electron chi connectivity index (χ3n) is 4.21. The minimum atomic E-state index is -0.474. The van der Waals surface area contributed by atoms with Crippen LogP contribution in [0.4, 0.5) is 5.69 Å². The number of rotatable bonds is 4. The number of carbonyl (C=O) groups is 1. The van der Waals surface area contributed by atoms with Gasteiger partial charge in [0.2, 0.25) is 0 Å². The zero-order chi connectivity index (χ0) is 17.1. The van der Waals surface area contributed by atoms with Gasteiger partial charge in [-0.15, -0.1) is 5.10 Å². The number of hydrogen-bond donors (Lipinski definition) is 1. The number of nitrogens with zero attached hydrogens (tertiary/aromatic N) is 5. The molecule has 1 aliphatic heterocycles. The second-order valence-electron chi connectivity index (χ2n) is 5.68. The predicted molar refractivity (Wildman–Crippen MR) is 86.0 cm³/mol. The van der Waals surface area contributed by atoms with Crippen molar-refractivity contribution >= 4 is 11.6 Å². The predicted octanol–water partition coefficient (Wildman–Crippen LogP) is 0.999. The van der Waals surface area contributed by atoms with Crippen molar-refractivity contribution in [1.29, 1.82) is 0 Å². The van der Waals surface area contributed by atoms with Crippen LogP contribution in [-0.2, 0) is 0 Å². The van der Waals surface area contributed by atoms with Crippen LogP contribution in [0.25, 0.3) is 5.69 Å². The van der Waals surface area contributed by atoms with Crippen LogP contribution in [-0.4, -0.2) is 56.9 Å². The molecule has 1 aliphatic rings. The summed E-state index contributed by atoms with van der Waals surface area (Å²) in [5.74, 6) is -0.166. The number of nitro groups is 1. The highest BCUT2D eigenvalue weighted by atomic mass is 16.6. The van der Waals surface area contributed by atoms with E-state index in [4.69, 9.17) is 0 Å². The quantitative estimate of drug-likeness (QED) is 0.662. The van der Waals surface area contributed by atoms with Gasteiger partial charge in [0.1, 0.15) is 0 Å². The van der Waals surface area contributed by atoms with E-state index in [-0.39, 0.29) is 17.3 Å². The number of aromatic nitrogens is 3. The van der Waals surface area contributed by atoms with Gasteiger partial charge in [0.05, 0.1) is 16.8 Å². The molecule has 1 amide bonds. The molecule has 2 heterocycles. The molecule has 1 fully saturated rings. The summed E-state index contributed by atoms with van der Waals surface area (Å²) < 4.78 is 1.38. The maximum atomic E-state index is 12.5. The Labute approximate surface area is 138 Å². The molecule has 3 rings (SSSR count). The van der Waals surface area contributed by atoms with Gasteiger partial charge in [-0.25, -0.2) is 4.68 Å². The van der Waals surface area contributed by atoms with E-state index >= 15 is 0 Å². The van der Waals surface area contributed by atoms with Crippen LogP contribution in [0, 0.1) is 10.1 Å². The van der Waals surface area contributed by atoms with Crippen LogP contribution < -0.4 is 5.32 Å². The Kier molecular flexibility index (Phi) is 4.52. The van der Waals surface area contributed by atoms with Crippen LogP contribution >= 0.6 is 0 Å². The molecule has 24 heavy (non-hydrogen) atoms. The monoisotopic (exact) mass is 330 g/mol. The van der Waals surface area contributed by atoms with Crippen molar-refractivity contribution in [2.75, 3.05) is 20.1 Å². The number of hydrogen-bond acceptors (Lipinski definition) is 6. The number of non-ortho nitro benzene ring substituents is 1. The van der Waals surface area contributed by atoms with Crippen molar-refractivity contribution in [1.82, 2.24) is 25.2 Å². The zero-order valence-corrected chi connectivity index (χ0v) is 13.3. The maximum absolute atomic E-state index is 12.5. The molecule has 1 saturated heterocycles. The van der Waals surface area contributed by atoms with E-state index in [1.165, 1.54) is 23.0 Å². The first-order chi connectivity index (χ1) is 11.6. The first kappa shape index (κ1) is 16.1. The molecule has 0 bridgehead atoms. The maximum Gasteiger partial charge on any atom is 0.276 e. The standard InChI is InChI=1S/C15H18N6O3/c1-16-11-5-7-19(8-6-11)15(22)14-10-20(18-17-14)12-3-2-4-13(9-12)21(23)24/h2-4,9-11,16H,5-8H2,1H3. The molecule has 0 aliphatic carbocycles. The van der Waals surface area contributed by atoms with Crippen molar-refractivity contribution in [3.63, 3.8) is 0 Å². The highest BCUT2D eigenvalue weighted by molar-refractivity contribution is 5.92. The van der Waals surface area contributed by atoms with Crippen LogP contribution in [0.3, 0.4) is 0 Å². The fourth-order valence-electron chi connectivity index (χ4n) is 2.77. The van der Waals surface area contributed by atoms with Crippen molar-refractivity contribution in [2.24, 2.45) is 0 Å². The molecule has 0 atom stereocenters. The van der Waals surface area contributed by atoms with Gasteiger partial charge < -0.3 is 10.2 Å². The minimum Gasteiger partial charge on any atom is -0.337 e. The van der Waals surface area contributed by atoms with Crippen LogP contribution in [0.2, 0.25) is 0 Å². The van der Waals surface area contributed by atoms with E-state index in [9.17, 15) is 14.9 Å². The van der Waals surface area contributed by atoms with Crippen LogP contribution in [0.1, 0.15) is 23.3 Å². The zero-order valence-electron chi connectivity index (χ0n) is 13.3. The Morgan fingerprint density at radius 3 is 2.79 bits per heavy atom. The van der Waals surface area contributed by atoms with Crippen molar-refractivity contribution in [3.8, 4) is 5.69 Å². The number of benzene rings is 1. The molecule has 1 aromatic heterocycles. The molecule has 0 saturated carbocycles. The van der Waals surface area contributed by atoms with E-state index in [1.807, 2.05) is 7.05 Å². The molecular formula is C15H18N6O3. The first-order valence-corrected chi connectivity index (χ1v) is 7.72. The summed E-state index contributed by atoms with van der Waals surface area (Å²) in [4.78, 5) is 24.6. The number of piperidine rings is 1.